The van der Waals surface area contributed by atoms with Gasteiger partial charge in [0.2, 0.25) is 0 Å². The topological polar surface area (TPSA) is 38.8 Å². The molecule has 0 aromatic heterocycles. The van der Waals surface area contributed by atoms with E-state index in [4.69, 9.17) is 9.47 Å². The molecule has 16 heavy (non-hydrogen) atoms. The molecule has 1 aliphatic heterocycles. The predicted octanol–water partition coefficient (Wildman–Crippen LogP) is 2.47. The lowest BCUT2D eigenvalue weighted by atomic mass is 10.1. The first-order valence-electron chi connectivity index (χ1n) is 5.41. The maximum Gasteiger partial charge on any atom is 0.338 e. The second-order valence-electron chi connectivity index (χ2n) is 4.92. The van der Waals surface area contributed by atoms with E-state index < -0.39 is 11.7 Å². The molecular formula is C13H16O3. The van der Waals surface area contributed by atoms with Crippen molar-refractivity contribution in [3.8, 4) is 0 Å². The first-order valence-corrected chi connectivity index (χ1v) is 5.41. The standard InChI is InChI=1S/C13H16O3/c1-13(2,3)16-12(14)11-10(15-11)9-7-5-4-6-8-9/h4-8,10-11H,1-3H3/t10-,11+/m1/s1. The highest BCUT2D eigenvalue weighted by Gasteiger charge is 2.48. The van der Waals surface area contributed by atoms with Crippen LogP contribution in [0.2, 0.25) is 0 Å². The molecule has 1 heterocycles. The number of carbonyl (C=O) groups is 1. The van der Waals surface area contributed by atoms with Gasteiger partial charge in [-0.1, -0.05) is 30.3 Å². The highest BCUT2D eigenvalue weighted by atomic mass is 16.6. The Kier molecular flexibility index (Phi) is 2.72. The van der Waals surface area contributed by atoms with Crippen molar-refractivity contribution in [1.29, 1.82) is 0 Å². The third-order valence-electron chi connectivity index (χ3n) is 2.26. The molecule has 0 unspecified atom stereocenters. The smallest absolute Gasteiger partial charge is 0.338 e. The third-order valence-corrected chi connectivity index (χ3v) is 2.26. The minimum Gasteiger partial charge on any atom is -0.458 e. The van der Waals surface area contributed by atoms with Gasteiger partial charge in [-0.05, 0) is 26.3 Å². The van der Waals surface area contributed by atoms with Crippen molar-refractivity contribution in [1.82, 2.24) is 0 Å². The van der Waals surface area contributed by atoms with E-state index in [0.29, 0.717) is 0 Å². The molecular weight excluding hydrogens is 204 g/mol. The van der Waals surface area contributed by atoms with E-state index >= 15 is 0 Å². The van der Waals surface area contributed by atoms with Gasteiger partial charge in [-0.2, -0.15) is 0 Å². The van der Waals surface area contributed by atoms with Gasteiger partial charge < -0.3 is 9.47 Å². The monoisotopic (exact) mass is 220 g/mol. The molecule has 0 radical (unpaired) electrons. The van der Waals surface area contributed by atoms with Crippen LogP contribution in [0, 0.1) is 0 Å². The van der Waals surface area contributed by atoms with Crippen molar-refractivity contribution >= 4 is 5.97 Å². The van der Waals surface area contributed by atoms with Crippen molar-refractivity contribution in [3.63, 3.8) is 0 Å². The molecule has 3 nitrogen and oxygen atoms in total. The van der Waals surface area contributed by atoms with E-state index in [1.165, 1.54) is 0 Å². The van der Waals surface area contributed by atoms with E-state index in [1.807, 2.05) is 51.1 Å². The molecule has 0 spiro atoms. The Morgan fingerprint density at radius 2 is 1.88 bits per heavy atom. The summed E-state index contributed by atoms with van der Waals surface area (Å²) in [4.78, 5) is 11.7. The summed E-state index contributed by atoms with van der Waals surface area (Å²) in [5, 5.41) is 0. The number of esters is 1. The molecule has 1 aromatic rings. The van der Waals surface area contributed by atoms with Crippen LogP contribution in [0.25, 0.3) is 0 Å². The molecule has 0 bridgehead atoms. The Balaban J connectivity index is 1.95. The van der Waals surface area contributed by atoms with Gasteiger partial charge >= 0.3 is 5.97 Å². The van der Waals surface area contributed by atoms with Crippen LogP contribution in [0.3, 0.4) is 0 Å². The van der Waals surface area contributed by atoms with E-state index in [1.54, 1.807) is 0 Å². The Morgan fingerprint density at radius 3 is 2.44 bits per heavy atom. The van der Waals surface area contributed by atoms with Crippen LogP contribution in [-0.4, -0.2) is 17.7 Å². The first-order chi connectivity index (χ1) is 7.47. The lowest BCUT2D eigenvalue weighted by Crippen LogP contribution is -2.26. The second-order valence-corrected chi connectivity index (χ2v) is 4.92. The van der Waals surface area contributed by atoms with Crippen LogP contribution in [0.15, 0.2) is 30.3 Å². The maximum absolute atomic E-state index is 11.7. The predicted molar refractivity (Wildman–Crippen MR) is 59.9 cm³/mol. The lowest BCUT2D eigenvalue weighted by Gasteiger charge is -2.18. The van der Waals surface area contributed by atoms with Crippen LogP contribution < -0.4 is 0 Å². The van der Waals surface area contributed by atoms with Crippen LogP contribution in [-0.2, 0) is 14.3 Å². The molecule has 0 amide bonds. The van der Waals surface area contributed by atoms with Crippen molar-refractivity contribution in [2.24, 2.45) is 0 Å². The zero-order valence-electron chi connectivity index (χ0n) is 9.77. The van der Waals surface area contributed by atoms with Gasteiger partial charge in [0.25, 0.3) is 0 Å². The largest absolute Gasteiger partial charge is 0.458 e. The molecule has 0 aliphatic carbocycles. The fraction of sp³-hybridized carbons (Fsp3) is 0.462. The fourth-order valence-electron chi connectivity index (χ4n) is 1.55. The van der Waals surface area contributed by atoms with Crippen LogP contribution in [0.5, 0.6) is 0 Å². The second kappa shape index (κ2) is 3.91. The summed E-state index contributed by atoms with van der Waals surface area (Å²) < 4.78 is 10.6. The summed E-state index contributed by atoms with van der Waals surface area (Å²) in [6.45, 7) is 5.56. The molecule has 0 N–H and O–H groups in total. The number of rotatable bonds is 2. The Labute approximate surface area is 95.4 Å². The molecule has 1 aromatic carbocycles. The minimum absolute atomic E-state index is 0.129. The van der Waals surface area contributed by atoms with Crippen molar-refractivity contribution < 1.29 is 14.3 Å². The quantitative estimate of drug-likeness (QED) is 0.567. The van der Waals surface area contributed by atoms with Crippen LogP contribution in [0.1, 0.15) is 32.4 Å². The molecule has 2 rings (SSSR count). The van der Waals surface area contributed by atoms with Crippen LogP contribution in [0.4, 0.5) is 0 Å². The van der Waals surface area contributed by atoms with E-state index in [-0.39, 0.29) is 12.1 Å². The Bertz CT molecular complexity index is 378. The number of hydrogen-bond donors (Lipinski definition) is 0. The molecule has 0 saturated carbocycles. The zero-order valence-corrected chi connectivity index (χ0v) is 9.77. The zero-order chi connectivity index (χ0) is 11.8. The molecule has 3 heteroatoms. The fourth-order valence-corrected chi connectivity index (χ4v) is 1.55. The molecule has 86 valence electrons. The van der Waals surface area contributed by atoms with Crippen molar-refractivity contribution in [3.05, 3.63) is 35.9 Å². The summed E-state index contributed by atoms with van der Waals surface area (Å²) in [6.07, 6.45) is -0.558. The van der Waals surface area contributed by atoms with Crippen LogP contribution >= 0.6 is 0 Å². The highest BCUT2D eigenvalue weighted by molar-refractivity contribution is 5.78. The van der Waals surface area contributed by atoms with E-state index in [2.05, 4.69) is 0 Å². The maximum atomic E-state index is 11.7. The number of epoxide rings is 1. The minimum atomic E-state index is -0.454. The Hall–Kier alpha value is -1.35. The number of hydrogen-bond acceptors (Lipinski definition) is 3. The molecule has 1 fully saturated rings. The van der Waals surface area contributed by atoms with E-state index in [9.17, 15) is 4.79 Å². The van der Waals surface area contributed by atoms with Gasteiger partial charge in [-0.3, -0.25) is 0 Å². The summed E-state index contributed by atoms with van der Waals surface area (Å²) >= 11 is 0. The molecule has 2 atom stereocenters. The SMILES string of the molecule is CC(C)(C)OC(=O)[C@H]1O[C@@H]1c1ccccc1. The van der Waals surface area contributed by atoms with Gasteiger partial charge in [0.15, 0.2) is 6.10 Å². The molecule has 1 aliphatic rings. The number of benzene rings is 1. The van der Waals surface area contributed by atoms with Gasteiger partial charge in [0, 0.05) is 0 Å². The van der Waals surface area contributed by atoms with Gasteiger partial charge in [-0.15, -0.1) is 0 Å². The average molecular weight is 220 g/mol. The third kappa shape index (κ3) is 2.61. The summed E-state index contributed by atoms with van der Waals surface area (Å²) in [5.74, 6) is -0.277. The first kappa shape index (κ1) is 11.1. The highest BCUT2D eigenvalue weighted by Crippen LogP contribution is 2.39. The average Bonchev–Trinajstić information content (AvgIpc) is 2.96. The van der Waals surface area contributed by atoms with Crippen molar-refractivity contribution in [2.45, 2.75) is 38.6 Å². The summed E-state index contributed by atoms with van der Waals surface area (Å²) in [6, 6.07) is 9.71. The molecule has 1 saturated heterocycles. The van der Waals surface area contributed by atoms with Gasteiger partial charge in [0.05, 0.1) is 0 Å². The number of ether oxygens (including phenoxy) is 2. The van der Waals surface area contributed by atoms with Gasteiger partial charge in [-0.25, -0.2) is 4.79 Å². The lowest BCUT2D eigenvalue weighted by molar-refractivity contribution is -0.156. The summed E-state index contributed by atoms with van der Waals surface area (Å²) in [5.41, 5.74) is 0.572. The normalized spacial score (nSPS) is 23.9. The van der Waals surface area contributed by atoms with E-state index in [0.717, 1.165) is 5.56 Å². The van der Waals surface area contributed by atoms with Gasteiger partial charge in [0.1, 0.15) is 11.7 Å². The number of carbonyl (C=O) groups excluding carboxylic acids is 1. The summed E-state index contributed by atoms with van der Waals surface area (Å²) in [7, 11) is 0. The Morgan fingerprint density at radius 1 is 1.25 bits per heavy atom. The van der Waals surface area contributed by atoms with Crippen molar-refractivity contribution in [2.75, 3.05) is 0 Å².